The molecule has 2 N–H and O–H groups in total. The molecule has 1 aliphatic heterocycles. The summed E-state index contributed by atoms with van der Waals surface area (Å²) in [7, 11) is 0. The lowest BCUT2D eigenvalue weighted by molar-refractivity contribution is -0.400. The number of carboxylic acid groups (broad SMARTS) is 1. The van der Waals surface area contributed by atoms with Crippen molar-refractivity contribution in [3.8, 4) is 0 Å². The number of nitrogens with one attached hydrogen (secondary N) is 1. The number of ether oxygens (including phenoxy) is 2. The van der Waals surface area contributed by atoms with Gasteiger partial charge >= 0.3 is 5.97 Å². The standard InChI is InChI=1S/C10H11NO4/c12-8(13)6-11-10-14-9(15-10)7-4-2-1-3-5-7/h1-5,9-11H,6H2,(H,12,13). The van der Waals surface area contributed by atoms with E-state index >= 15 is 0 Å². The van der Waals surface area contributed by atoms with Crippen molar-refractivity contribution >= 4 is 5.97 Å². The molecule has 0 atom stereocenters. The molecule has 80 valence electrons. The van der Waals surface area contributed by atoms with Gasteiger partial charge in [0, 0.05) is 5.56 Å². The first-order chi connectivity index (χ1) is 7.25. The second-order valence-electron chi connectivity index (χ2n) is 3.12. The highest BCUT2D eigenvalue weighted by atomic mass is 16.9. The van der Waals surface area contributed by atoms with Gasteiger partial charge in [-0.1, -0.05) is 30.3 Å². The summed E-state index contributed by atoms with van der Waals surface area (Å²) in [5.41, 5.74) is 0.922. The van der Waals surface area contributed by atoms with Crippen LogP contribution in [-0.4, -0.2) is 24.0 Å². The van der Waals surface area contributed by atoms with Crippen LogP contribution < -0.4 is 5.32 Å². The molecule has 5 heteroatoms. The number of carboxylic acids is 1. The maximum atomic E-state index is 10.2. The van der Waals surface area contributed by atoms with Gasteiger partial charge in [-0.15, -0.1) is 0 Å². The second-order valence-corrected chi connectivity index (χ2v) is 3.12. The summed E-state index contributed by atoms with van der Waals surface area (Å²) in [6.45, 7) is -0.174. The molecular formula is C10H11NO4. The highest BCUT2D eigenvalue weighted by molar-refractivity contribution is 5.68. The number of rotatable bonds is 4. The fourth-order valence-corrected chi connectivity index (χ4v) is 1.27. The van der Waals surface area contributed by atoms with Crippen LogP contribution in [0.4, 0.5) is 0 Å². The average molecular weight is 209 g/mol. The van der Waals surface area contributed by atoms with Gasteiger partial charge in [-0.05, 0) is 0 Å². The fourth-order valence-electron chi connectivity index (χ4n) is 1.27. The molecule has 1 heterocycles. The van der Waals surface area contributed by atoms with E-state index in [1.54, 1.807) is 0 Å². The summed E-state index contributed by atoms with van der Waals surface area (Å²) >= 11 is 0. The van der Waals surface area contributed by atoms with Gasteiger partial charge in [0.1, 0.15) is 0 Å². The van der Waals surface area contributed by atoms with E-state index in [0.29, 0.717) is 0 Å². The molecule has 1 saturated heterocycles. The first-order valence-corrected chi connectivity index (χ1v) is 4.57. The molecule has 0 aliphatic carbocycles. The van der Waals surface area contributed by atoms with Crippen LogP contribution in [0, 0.1) is 0 Å². The molecule has 0 bridgehead atoms. The Kier molecular flexibility index (Phi) is 2.96. The Labute approximate surface area is 86.6 Å². The Morgan fingerprint density at radius 3 is 2.60 bits per heavy atom. The zero-order chi connectivity index (χ0) is 10.7. The van der Waals surface area contributed by atoms with Crippen LogP contribution >= 0.6 is 0 Å². The molecule has 0 spiro atoms. The van der Waals surface area contributed by atoms with Gasteiger partial charge in [0.15, 0.2) is 6.29 Å². The third-order valence-corrected chi connectivity index (χ3v) is 1.99. The SMILES string of the molecule is O=C(O)CNC1OC(c2ccccc2)O1. The van der Waals surface area contributed by atoms with E-state index in [-0.39, 0.29) is 6.54 Å². The molecule has 2 rings (SSSR count). The molecule has 1 aromatic rings. The summed E-state index contributed by atoms with van der Waals surface area (Å²) in [6.07, 6.45) is -1.01. The maximum absolute atomic E-state index is 10.2. The lowest BCUT2D eigenvalue weighted by Gasteiger charge is -2.36. The summed E-state index contributed by atoms with van der Waals surface area (Å²) in [6, 6.07) is 9.46. The number of carbonyl (C=O) groups is 1. The van der Waals surface area contributed by atoms with Crippen molar-refractivity contribution in [3.05, 3.63) is 35.9 Å². The number of aliphatic carboxylic acids is 1. The zero-order valence-electron chi connectivity index (χ0n) is 7.92. The topological polar surface area (TPSA) is 67.8 Å². The minimum Gasteiger partial charge on any atom is -0.480 e. The molecule has 15 heavy (non-hydrogen) atoms. The lowest BCUT2D eigenvalue weighted by atomic mass is 10.2. The Morgan fingerprint density at radius 1 is 1.33 bits per heavy atom. The molecule has 0 aromatic heterocycles. The number of hydrogen-bond donors (Lipinski definition) is 2. The smallest absolute Gasteiger partial charge is 0.317 e. The third-order valence-electron chi connectivity index (χ3n) is 1.99. The molecule has 1 aliphatic rings. The molecule has 0 radical (unpaired) electrons. The minimum absolute atomic E-state index is 0.174. The van der Waals surface area contributed by atoms with Crippen LogP contribution in [0.2, 0.25) is 0 Å². The average Bonchev–Trinajstić information content (AvgIpc) is 2.16. The second kappa shape index (κ2) is 4.39. The van der Waals surface area contributed by atoms with Crippen LogP contribution in [0.15, 0.2) is 30.3 Å². The van der Waals surface area contributed by atoms with Crippen molar-refractivity contribution in [2.45, 2.75) is 12.7 Å². The van der Waals surface area contributed by atoms with E-state index in [4.69, 9.17) is 14.6 Å². The summed E-state index contributed by atoms with van der Waals surface area (Å²) in [5, 5.41) is 11.0. The largest absolute Gasteiger partial charge is 0.480 e. The van der Waals surface area contributed by atoms with Crippen LogP contribution in [0.3, 0.4) is 0 Å². The van der Waals surface area contributed by atoms with Gasteiger partial charge in [-0.25, -0.2) is 0 Å². The van der Waals surface area contributed by atoms with Gasteiger partial charge in [-0.2, -0.15) is 0 Å². The highest BCUT2D eigenvalue weighted by Crippen LogP contribution is 2.29. The predicted octanol–water partition coefficient (Wildman–Crippen LogP) is 0.690. The van der Waals surface area contributed by atoms with E-state index in [1.807, 2.05) is 30.3 Å². The quantitative estimate of drug-likeness (QED) is 0.763. The molecule has 0 amide bonds. The van der Waals surface area contributed by atoms with Gasteiger partial charge in [0.25, 0.3) is 0 Å². The zero-order valence-corrected chi connectivity index (χ0v) is 7.92. The van der Waals surface area contributed by atoms with Crippen LogP contribution in [-0.2, 0) is 14.3 Å². The Bertz CT molecular complexity index is 335. The van der Waals surface area contributed by atoms with E-state index in [1.165, 1.54) is 0 Å². The first-order valence-electron chi connectivity index (χ1n) is 4.57. The molecular weight excluding hydrogens is 198 g/mol. The molecule has 1 aromatic carbocycles. The van der Waals surface area contributed by atoms with Crippen molar-refractivity contribution in [2.75, 3.05) is 6.54 Å². The first kappa shape index (κ1) is 10.1. The Balaban J connectivity index is 1.76. The summed E-state index contributed by atoms with van der Waals surface area (Å²) in [4.78, 5) is 10.2. The van der Waals surface area contributed by atoms with Crippen LogP contribution in [0.1, 0.15) is 11.9 Å². The van der Waals surface area contributed by atoms with E-state index in [0.717, 1.165) is 5.56 Å². The molecule has 0 saturated carbocycles. The van der Waals surface area contributed by atoms with Crippen molar-refractivity contribution in [2.24, 2.45) is 0 Å². The lowest BCUT2D eigenvalue weighted by Crippen LogP contribution is -2.47. The highest BCUT2D eigenvalue weighted by Gasteiger charge is 2.31. The summed E-state index contributed by atoms with van der Waals surface area (Å²) < 4.78 is 10.6. The van der Waals surface area contributed by atoms with Crippen molar-refractivity contribution < 1.29 is 19.4 Å². The predicted molar refractivity (Wildman–Crippen MR) is 50.8 cm³/mol. The summed E-state index contributed by atoms with van der Waals surface area (Å²) in [5.74, 6) is -0.939. The van der Waals surface area contributed by atoms with Gasteiger partial charge < -0.3 is 14.6 Å². The molecule has 1 fully saturated rings. The Morgan fingerprint density at radius 2 is 2.00 bits per heavy atom. The fraction of sp³-hybridized carbons (Fsp3) is 0.300. The minimum atomic E-state index is -0.939. The maximum Gasteiger partial charge on any atom is 0.317 e. The number of hydrogen-bond acceptors (Lipinski definition) is 4. The van der Waals surface area contributed by atoms with Crippen molar-refractivity contribution in [3.63, 3.8) is 0 Å². The van der Waals surface area contributed by atoms with Gasteiger partial charge in [0.2, 0.25) is 6.41 Å². The third kappa shape index (κ3) is 2.53. The monoisotopic (exact) mass is 209 g/mol. The Hall–Kier alpha value is -1.43. The van der Waals surface area contributed by atoms with Gasteiger partial charge in [-0.3, -0.25) is 10.1 Å². The molecule has 5 nitrogen and oxygen atoms in total. The number of benzene rings is 1. The van der Waals surface area contributed by atoms with E-state index in [2.05, 4.69) is 5.32 Å². The van der Waals surface area contributed by atoms with Gasteiger partial charge in [0.05, 0.1) is 6.54 Å². The normalized spacial score (nSPS) is 24.5. The van der Waals surface area contributed by atoms with Crippen LogP contribution in [0.25, 0.3) is 0 Å². The van der Waals surface area contributed by atoms with E-state index < -0.39 is 18.7 Å². The van der Waals surface area contributed by atoms with Crippen molar-refractivity contribution in [1.82, 2.24) is 5.32 Å². The van der Waals surface area contributed by atoms with Crippen LogP contribution in [0.5, 0.6) is 0 Å². The molecule has 0 unspecified atom stereocenters. The van der Waals surface area contributed by atoms with Crippen molar-refractivity contribution in [1.29, 1.82) is 0 Å². The van der Waals surface area contributed by atoms with E-state index in [9.17, 15) is 4.79 Å².